The number of carbonyl (C=O) groups is 1. The van der Waals surface area contributed by atoms with Crippen molar-refractivity contribution in [2.75, 3.05) is 12.4 Å². The number of nitrogens with one attached hydrogen (secondary N) is 1. The van der Waals surface area contributed by atoms with Crippen LogP contribution in [0.1, 0.15) is 15.2 Å². The van der Waals surface area contributed by atoms with Gasteiger partial charge in [0.15, 0.2) is 0 Å². The Balaban J connectivity index is 1.78. The Bertz CT molecular complexity index is 828. The molecule has 0 aliphatic heterocycles. The molecule has 0 aliphatic rings. The van der Waals surface area contributed by atoms with Gasteiger partial charge in [0, 0.05) is 11.3 Å². The van der Waals surface area contributed by atoms with Crippen LogP contribution in [0.3, 0.4) is 0 Å². The van der Waals surface area contributed by atoms with E-state index in [1.807, 2.05) is 55.5 Å². The van der Waals surface area contributed by atoms with Crippen LogP contribution in [-0.4, -0.2) is 18.0 Å². The molecule has 2 aromatic carbocycles. The van der Waals surface area contributed by atoms with Crippen molar-refractivity contribution in [2.45, 2.75) is 6.92 Å². The van der Waals surface area contributed by atoms with Gasteiger partial charge in [0.1, 0.15) is 15.6 Å². The Morgan fingerprint density at radius 1 is 1.17 bits per heavy atom. The van der Waals surface area contributed by atoms with E-state index in [1.54, 1.807) is 13.3 Å². The van der Waals surface area contributed by atoms with E-state index in [0.29, 0.717) is 4.88 Å². The number of carbonyl (C=O) groups excluding carboxylic acids is 1. The summed E-state index contributed by atoms with van der Waals surface area (Å²) < 4.78 is 5.17. The van der Waals surface area contributed by atoms with Crippen LogP contribution in [0, 0.1) is 6.92 Å². The number of methoxy groups -OCH3 is 1. The van der Waals surface area contributed by atoms with Crippen molar-refractivity contribution in [3.8, 4) is 16.3 Å². The zero-order valence-electron chi connectivity index (χ0n) is 12.9. The van der Waals surface area contributed by atoms with Crippen molar-refractivity contribution in [3.05, 3.63) is 65.2 Å². The number of aryl methyl sites for hydroxylation is 1. The molecule has 1 aromatic heterocycles. The molecule has 23 heavy (non-hydrogen) atoms. The Morgan fingerprint density at radius 3 is 2.65 bits per heavy atom. The van der Waals surface area contributed by atoms with E-state index >= 15 is 0 Å². The van der Waals surface area contributed by atoms with Gasteiger partial charge in [0.05, 0.1) is 13.3 Å². The molecule has 1 heterocycles. The van der Waals surface area contributed by atoms with Gasteiger partial charge in [-0.3, -0.25) is 4.79 Å². The Hall–Kier alpha value is -2.66. The molecule has 5 heteroatoms. The molecule has 0 spiro atoms. The summed E-state index contributed by atoms with van der Waals surface area (Å²) in [6, 6.07) is 15.4. The van der Waals surface area contributed by atoms with Crippen LogP contribution in [-0.2, 0) is 0 Å². The molecule has 3 aromatic rings. The molecular formula is C18H16N2O2S. The van der Waals surface area contributed by atoms with E-state index in [1.165, 1.54) is 11.3 Å². The first-order valence-corrected chi connectivity index (χ1v) is 7.96. The summed E-state index contributed by atoms with van der Waals surface area (Å²) >= 11 is 1.38. The van der Waals surface area contributed by atoms with Gasteiger partial charge in [-0.15, -0.1) is 11.3 Å². The van der Waals surface area contributed by atoms with Gasteiger partial charge in [0.25, 0.3) is 5.91 Å². The standard InChI is InChI=1S/C18H16N2O2S/c1-12-10-14(22-2)8-9-15(12)20-17(21)16-11-19-18(23-16)13-6-4-3-5-7-13/h3-11H,1-2H3,(H,20,21). The minimum absolute atomic E-state index is 0.155. The SMILES string of the molecule is COc1ccc(NC(=O)c2cnc(-c3ccccc3)s2)c(C)c1. The maximum Gasteiger partial charge on any atom is 0.267 e. The quantitative estimate of drug-likeness (QED) is 0.775. The number of rotatable bonds is 4. The van der Waals surface area contributed by atoms with Crippen LogP contribution in [0.2, 0.25) is 0 Å². The third-order valence-electron chi connectivity index (χ3n) is 3.43. The van der Waals surface area contributed by atoms with Crippen molar-refractivity contribution in [3.63, 3.8) is 0 Å². The molecule has 0 radical (unpaired) electrons. The van der Waals surface area contributed by atoms with E-state index in [4.69, 9.17) is 4.74 Å². The van der Waals surface area contributed by atoms with Gasteiger partial charge in [-0.1, -0.05) is 30.3 Å². The zero-order chi connectivity index (χ0) is 16.2. The average Bonchev–Trinajstić information content (AvgIpc) is 3.07. The highest BCUT2D eigenvalue weighted by molar-refractivity contribution is 7.17. The van der Waals surface area contributed by atoms with E-state index in [-0.39, 0.29) is 5.91 Å². The number of hydrogen-bond acceptors (Lipinski definition) is 4. The van der Waals surface area contributed by atoms with Crippen LogP contribution < -0.4 is 10.1 Å². The van der Waals surface area contributed by atoms with Gasteiger partial charge in [0.2, 0.25) is 0 Å². The summed E-state index contributed by atoms with van der Waals surface area (Å²) in [5.41, 5.74) is 2.73. The van der Waals surface area contributed by atoms with Gasteiger partial charge < -0.3 is 10.1 Å². The normalized spacial score (nSPS) is 10.3. The highest BCUT2D eigenvalue weighted by atomic mass is 32.1. The highest BCUT2D eigenvalue weighted by Crippen LogP contribution is 2.26. The summed E-state index contributed by atoms with van der Waals surface area (Å²) in [5.74, 6) is 0.614. The lowest BCUT2D eigenvalue weighted by Gasteiger charge is -2.08. The number of anilines is 1. The van der Waals surface area contributed by atoms with Gasteiger partial charge >= 0.3 is 0 Å². The van der Waals surface area contributed by atoms with Crippen LogP contribution >= 0.6 is 11.3 Å². The van der Waals surface area contributed by atoms with Crippen molar-refractivity contribution in [2.24, 2.45) is 0 Å². The van der Waals surface area contributed by atoms with Crippen molar-refractivity contribution >= 4 is 22.9 Å². The number of thiazole rings is 1. The van der Waals surface area contributed by atoms with Crippen LogP contribution in [0.5, 0.6) is 5.75 Å². The molecule has 0 saturated heterocycles. The molecule has 0 bridgehead atoms. The predicted octanol–water partition coefficient (Wildman–Crippen LogP) is 4.38. The largest absolute Gasteiger partial charge is 0.497 e. The van der Waals surface area contributed by atoms with Crippen molar-refractivity contribution in [1.82, 2.24) is 4.98 Å². The number of nitrogens with zero attached hydrogens (tertiary/aromatic N) is 1. The third-order valence-corrected chi connectivity index (χ3v) is 4.48. The Kier molecular flexibility index (Phi) is 4.39. The smallest absolute Gasteiger partial charge is 0.267 e. The molecule has 0 unspecified atom stereocenters. The third kappa shape index (κ3) is 3.40. The molecule has 0 fully saturated rings. The second-order valence-corrected chi connectivity index (χ2v) is 6.06. The zero-order valence-corrected chi connectivity index (χ0v) is 13.7. The molecule has 1 N–H and O–H groups in total. The fraction of sp³-hybridized carbons (Fsp3) is 0.111. The number of hydrogen-bond donors (Lipinski definition) is 1. The van der Waals surface area contributed by atoms with Crippen molar-refractivity contribution < 1.29 is 9.53 Å². The second-order valence-electron chi connectivity index (χ2n) is 5.03. The second kappa shape index (κ2) is 6.62. The summed E-state index contributed by atoms with van der Waals surface area (Å²) in [7, 11) is 1.62. The Labute approximate surface area is 138 Å². The number of aromatic nitrogens is 1. The molecule has 1 amide bonds. The molecule has 0 atom stereocenters. The van der Waals surface area contributed by atoms with Crippen molar-refractivity contribution in [1.29, 1.82) is 0 Å². The first kappa shape index (κ1) is 15.2. The lowest BCUT2D eigenvalue weighted by Crippen LogP contribution is -2.11. The van der Waals surface area contributed by atoms with Crippen LogP contribution in [0.25, 0.3) is 10.6 Å². The minimum atomic E-state index is -0.155. The fourth-order valence-corrected chi connectivity index (χ4v) is 3.00. The average molecular weight is 324 g/mol. The molecule has 3 rings (SSSR count). The lowest BCUT2D eigenvalue weighted by molar-refractivity contribution is 0.103. The number of benzene rings is 2. The topological polar surface area (TPSA) is 51.2 Å². The lowest BCUT2D eigenvalue weighted by atomic mass is 10.2. The van der Waals surface area contributed by atoms with E-state index < -0.39 is 0 Å². The molecule has 4 nitrogen and oxygen atoms in total. The first-order chi connectivity index (χ1) is 11.2. The van der Waals surface area contributed by atoms with E-state index in [9.17, 15) is 4.79 Å². The highest BCUT2D eigenvalue weighted by Gasteiger charge is 2.13. The van der Waals surface area contributed by atoms with Crippen LogP contribution in [0.15, 0.2) is 54.7 Å². The monoisotopic (exact) mass is 324 g/mol. The summed E-state index contributed by atoms with van der Waals surface area (Å²) in [6.07, 6.45) is 1.61. The molecule has 116 valence electrons. The molecular weight excluding hydrogens is 308 g/mol. The predicted molar refractivity (Wildman–Crippen MR) is 93.2 cm³/mol. The first-order valence-electron chi connectivity index (χ1n) is 7.14. The summed E-state index contributed by atoms with van der Waals surface area (Å²) in [5, 5.41) is 3.75. The summed E-state index contributed by atoms with van der Waals surface area (Å²) in [6.45, 7) is 1.93. The van der Waals surface area contributed by atoms with E-state index in [0.717, 1.165) is 27.6 Å². The van der Waals surface area contributed by atoms with Gasteiger partial charge in [-0.25, -0.2) is 4.98 Å². The Morgan fingerprint density at radius 2 is 1.96 bits per heavy atom. The van der Waals surface area contributed by atoms with Crippen LogP contribution in [0.4, 0.5) is 5.69 Å². The summed E-state index contributed by atoms with van der Waals surface area (Å²) in [4.78, 5) is 17.3. The van der Waals surface area contributed by atoms with Gasteiger partial charge in [-0.05, 0) is 30.7 Å². The maximum atomic E-state index is 12.4. The van der Waals surface area contributed by atoms with E-state index in [2.05, 4.69) is 10.3 Å². The maximum absolute atomic E-state index is 12.4. The number of ether oxygens (including phenoxy) is 1. The van der Waals surface area contributed by atoms with Gasteiger partial charge in [-0.2, -0.15) is 0 Å². The minimum Gasteiger partial charge on any atom is -0.497 e. The molecule has 0 aliphatic carbocycles. The molecule has 0 saturated carbocycles. The number of amides is 1. The fourth-order valence-electron chi connectivity index (χ4n) is 2.18.